The van der Waals surface area contributed by atoms with Gasteiger partial charge in [-0.25, -0.2) is 26.7 Å². The van der Waals surface area contributed by atoms with E-state index in [1.807, 2.05) is 0 Å². The van der Waals surface area contributed by atoms with E-state index in [-0.39, 0.29) is 38.8 Å². The molecule has 15 heteroatoms. The molecule has 1 fully saturated rings. The van der Waals surface area contributed by atoms with Crippen molar-refractivity contribution in [3.63, 3.8) is 0 Å². The first-order valence-electron chi connectivity index (χ1n) is 10.8. The Labute approximate surface area is 218 Å². The van der Waals surface area contributed by atoms with Crippen molar-refractivity contribution in [3.05, 3.63) is 78.0 Å². The average Bonchev–Trinajstić information content (AvgIpc) is 2.80. The third kappa shape index (κ3) is 5.70. The van der Waals surface area contributed by atoms with Crippen LogP contribution >= 0.6 is 23.2 Å². The second-order valence-corrected chi connectivity index (χ2v) is 10.8. The van der Waals surface area contributed by atoms with Crippen molar-refractivity contribution in [1.82, 2.24) is 19.5 Å². The van der Waals surface area contributed by atoms with Crippen LogP contribution in [-0.4, -0.2) is 47.5 Å². The molecule has 37 heavy (non-hydrogen) atoms. The number of aliphatic hydroxyl groups is 1. The van der Waals surface area contributed by atoms with E-state index >= 15 is 0 Å². The number of sulfonamides is 1. The summed E-state index contributed by atoms with van der Waals surface area (Å²) in [5, 5.41) is 13.0. The first-order chi connectivity index (χ1) is 17.4. The van der Waals surface area contributed by atoms with Gasteiger partial charge in [0.05, 0.1) is 18.9 Å². The molecule has 2 aromatic carbocycles. The Morgan fingerprint density at radius 3 is 2.43 bits per heavy atom. The zero-order valence-electron chi connectivity index (χ0n) is 19.0. The summed E-state index contributed by atoms with van der Waals surface area (Å²) in [6, 6.07) is 6.63. The average molecular weight is 577 g/mol. The molecule has 3 aromatic rings. The number of rotatable bonds is 8. The number of aromatic amines is 1. The normalized spacial score (nSPS) is 17.6. The maximum absolute atomic E-state index is 13.1. The van der Waals surface area contributed by atoms with Crippen LogP contribution in [-0.2, 0) is 16.4 Å². The minimum Gasteiger partial charge on any atom is -0.495 e. The molecule has 0 unspecified atom stereocenters. The van der Waals surface area contributed by atoms with Gasteiger partial charge in [0, 0.05) is 22.5 Å². The standard InChI is InChI=1S/C22H20Cl2F2N4O6S/c1-36-17-3-2-10(5-18(17)37(34,35)29-11-6-13(31)7-11)4-14-15(23)8-12(9-16(14)24)30-22(33)27-21(32)19(28-30)20(25)26/h2-3,5,8-9,11,13,20,29,31H,4,6-7H2,1H3,(H,27,32,33)/t11-,13-. The smallest absolute Gasteiger partial charge is 0.349 e. The van der Waals surface area contributed by atoms with Gasteiger partial charge in [-0.05, 0) is 48.2 Å². The van der Waals surface area contributed by atoms with E-state index < -0.39 is 39.5 Å². The van der Waals surface area contributed by atoms with Crippen LogP contribution < -0.4 is 20.7 Å². The second-order valence-electron chi connectivity index (χ2n) is 8.35. The van der Waals surface area contributed by atoms with Crippen molar-refractivity contribution >= 4 is 33.2 Å². The van der Waals surface area contributed by atoms with E-state index in [0.717, 1.165) is 0 Å². The number of halogens is 4. The molecule has 198 valence electrons. The van der Waals surface area contributed by atoms with E-state index in [9.17, 15) is 31.9 Å². The summed E-state index contributed by atoms with van der Waals surface area (Å²) >= 11 is 12.8. The summed E-state index contributed by atoms with van der Waals surface area (Å²) in [4.78, 5) is 25.4. The summed E-state index contributed by atoms with van der Waals surface area (Å²) < 4.78 is 60.4. The molecule has 0 amide bonds. The van der Waals surface area contributed by atoms with Crippen molar-refractivity contribution in [1.29, 1.82) is 0 Å². The summed E-state index contributed by atoms with van der Waals surface area (Å²) in [7, 11) is -2.64. The Bertz CT molecular complexity index is 1550. The third-order valence-corrected chi connectivity index (χ3v) is 7.98. The number of aliphatic hydroxyl groups excluding tert-OH is 1. The number of ether oxygens (including phenoxy) is 1. The van der Waals surface area contributed by atoms with Gasteiger partial charge < -0.3 is 9.84 Å². The molecule has 1 aromatic heterocycles. The number of H-pyrrole nitrogens is 1. The summed E-state index contributed by atoms with van der Waals surface area (Å²) in [5.74, 6) is 0.113. The Morgan fingerprint density at radius 2 is 1.86 bits per heavy atom. The van der Waals surface area contributed by atoms with Gasteiger partial charge in [-0.15, -0.1) is 0 Å². The topological polar surface area (TPSA) is 143 Å². The van der Waals surface area contributed by atoms with Gasteiger partial charge in [0.2, 0.25) is 10.0 Å². The highest BCUT2D eigenvalue weighted by Gasteiger charge is 2.32. The lowest BCUT2D eigenvalue weighted by molar-refractivity contribution is 0.0712. The maximum atomic E-state index is 13.1. The number of benzene rings is 2. The van der Waals surface area contributed by atoms with Gasteiger partial charge in [-0.1, -0.05) is 29.3 Å². The van der Waals surface area contributed by atoms with Crippen LogP contribution in [0.4, 0.5) is 8.78 Å². The summed E-state index contributed by atoms with van der Waals surface area (Å²) in [6.45, 7) is 0. The Balaban J connectivity index is 1.67. The van der Waals surface area contributed by atoms with Gasteiger partial charge in [0.15, 0.2) is 5.69 Å². The maximum Gasteiger partial charge on any atom is 0.349 e. The van der Waals surface area contributed by atoms with Crippen LogP contribution in [0.5, 0.6) is 5.75 Å². The predicted molar refractivity (Wildman–Crippen MR) is 131 cm³/mol. The van der Waals surface area contributed by atoms with Crippen molar-refractivity contribution in [2.45, 2.75) is 42.7 Å². The Morgan fingerprint density at radius 1 is 1.22 bits per heavy atom. The van der Waals surface area contributed by atoms with Crippen LogP contribution in [0.1, 0.15) is 36.1 Å². The number of nitrogens with zero attached hydrogens (tertiary/aromatic N) is 2. The lowest BCUT2D eigenvalue weighted by atomic mass is 9.91. The van der Waals surface area contributed by atoms with Crippen LogP contribution in [0.15, 0.2) is 44.8 Å². The molecule has 1 aliphatic carbocycles. The highest BCUT2D eigenvalue weighted by molar-refractivity contribution is 7.89. The lowest BCUT2D eigenvalue weighted by Crippen LogP contribution is -2.46. The first-order valence-corrected chi connectivity index (χ1v) is 13.0. The van der Waals surface area contributed by atoms with Gasteiger partial charge >= 0.3 is 5.69 Å². The number of aromatic nitrogens is 3. The fourth-order valence-corrected chi connectivity index (χ4v) is 5.91. The molecule has 4 rings (SSSR count). The number of hydrogen-bond acceptors (Lipinski definition) is 7. The number of nitrogens with one attached hydrogen (secondary N) is 2. The molecule has 0 saturated heterocycles. The van der Waals surface area contributed by atoms with E-state index in [0.29, 0.717) is 28.7 Å². The fourth-order valence-electron chi connectivity index (χ4n) is 3.82. The van der Waals surface area contributed by atoms with Crippen molar-refractivity contribution in [2.24, 2.45) is 0 Å². The number of alkyl halides is 2. The minimum absolute atomic E-state index is 0.0443. The van der Waals surface area contributed by atoms with E-state index in [4.69, 9.17) is 27.9 Å². The van der Waals surface area contributed by atoms with Gasteiger partial charge in [0.1, 0.15) is 10.6 Å². The molecule has 3 N–H and O–H groups in total. The number of methoxy groups -OCH3 is 1. The largest absolute Gasteiger partial charge is 0.495 e. The lowest BCUT2D eigenvalue weighted by Gasteiger charge is -2.31. The van der Waals surface area contributed by atoms with Gasteiger partial charge in [0.25, 0.3) is 12.0 Å². The molecule has 10 nitrogen and oxygen atoms in total. The molecular formula is C22H20Cl2F2N4O6S. The molecule has 0 atom stereocenters. The van der Waals surface area contributed by atoms with E-state index in [2.05, 4.69) is 9.82 Å². The molecule has 1 saturated carbocycles. The first kappa shape index (κ1) is 27.2. The molecule has 0 bridgehead atoms. The second kappa shape index (κ2) is 10.5. The van der Waals surface area contributed by atoms with Gasteiger partial charge in [-0.2, -0.15) is 9.78 Å². The van der Waals surface area contributed by atoms with E-state index in [1.165, 1.54) is 31.4 Å². The van der Waals surface area contributed by atoms with Crippen LogP contribution in [0, 0.1) is 0 Å². The van der Waals surface area contributed by atoms with Crippen LogP contribution in [0.2, 0.25) is 10.0 Å². The van der Waals surface area contributed by atoms with Crippen molar-refractivity contribution in [3.8, 4) is 11.4 Å². The fraction of sp³-hybridized carbons (Fsp3) is 0.318. The van der Waals surface area contributed by atoms with E-state index in [1.54, 1.807) is 11.1 Å². The Kier molecular flexibility index (Phi) is 7.72. The molecular weight excluding hydrogens is 557 g/mol. The zero-order valence-corrected chi connectivity index (χ0v) is 21.4. The minimum atomic E-state index is -3.97. The molecule has 0 spiro atoms. The molecule has 1 aliphatic rings. The predicted octanol–water partition coefficient (Wildman–Crippen LogP) is 2.57. The highest BCUT2D eigenvalue weighted by Crippen LogP contribution is 2.33. The van der Waals surface area contributed by atoms with Crippen LogP contribution in [0.3, 0.4) is 0 Å². The van der Waals surface area contributed by atoms with Crippen LogP contribution in [0.25, 0.3) is 5.69 Å². The van der Waals surface area contributed by atoms with Crippen molar-refractivity contribution < 1.29 is 27.0 Å². The highest BCUT2D eigenvalue weighted by atomic mass is 35.5. The molecule has 0 aliphatic heterocycles. The quantitative estimate of drug-likeness (QED) is 0.374. The third-order valence-electron chi connectivity index (χ3n) is 5.76. The molecule has 0 radical (unpaired) electrons. The summed E-state index contributed by atoms with van der Waals surface area (Å²) in [6.07, 6.45) is -3.07. The van der Waals surface area contributed by atoms with Gasteiger partial charge in [-0.3, -0.25) is 9.78 Å². The molecule has 1 heterocycles. The monoisotopic (exact) mass is 576 g/mol. The zero-order chi connectivity index (χ0) is 27.1. The SMILES string of the molecule is COc1ccc(Cc2c(Cl)cc(-n3nc(C(F)F)c(=O)[nH]c3=O)cc2Cl)cc1S(=O)(=O)N[C@H]1C[C@H](O)C1. The Hall–Kier alpha value is -2.84. The summed E-state index contributed by atoms with van der Waals surface area (Å²) in [5.41, 5.74) is -2.71. The van der Waals surface area contributed by atoms with Crippen molar-refractivity contribution in [2.75, 3.05) is 7.11 Å². The number of hydrogen-bond donors (Lipinski definition) is 3.